The molecule has 1 aliphatic rings. The van der Waals surface area contributed by atoms with Crippen LogP contribution in [-0.4, -0.2) is 42.8 Å². The molecule has 0 N–H and O–H groups in total. The maximum Gasteiger partial charge on any atom is 0.254 e. The number of carbonyl (C=O) groups is 2. The predicted octanol–water partition coefficient (Wildman–Crippen LogP) is 4.43. The van der Waals surface area contributed by atoms with E-state index in [0.717, 1.165) is 30.1 Å². The number of benzene rings is 3. The number of amides is 1. The van der Waals surface area contributed by atoms with Gasteiger partial charge in [-0.1, -0.05) is 36.4 Å². The summed E-state index contributed by atoms with van der Waals surface area (Å²) >= 11 is 0. The van der Waals surface area contributed by atoms with Crippen LogP contribution >= 0.6 is 0 Å². The van der Waals surface area contributed by atoms with Gasteiger partial charge >= 0.3 is 0 Å². The highest BCUT2D eigenvalue weighted by atomic mass is 16.5. The Morgan fingerprint density at radius 2 is 1.45 bits per heavy atom. The fraction of sp³-hybridized carbons (Fsp3) is 0.231. The maximum atomic E-state index is 13.2. The van der Waals surface area contributed by atoms with Crippen LogP contribution in [0.4, 0.5) is 5.69 Å². The lowest BCUT2D eigenvalue weighted by Gasteiger charge is -2.36. The smallest absolute Gasteiger partial charge is 0.254 e. The molecule has 3 aromatic carbocycles. The summed E-state index contributed by atoms with van der Waals surface area (Å²) in [6.45, 7) is 4.75. The van der Waals surface area contributed by atoms with E-state index in [-0.39, 0.29) is 11.7 Å². The van der Waals surface area contributed by atoms with Crippen molar-refractivity contribution in [2.24, 2.45) is 0 Å². The Hall–Kier alpha value is -3.60. The van der Waals surface area contributed by atoms with Crippen LogP contribution < -0.4 is 9.64 Å². The van der Waals surface area contributed by atoms with E-state index in [1.807, 2.05) is 83.8 Å². The Morgan fingerprint density at radius 1 is 0.806 bits per heavy atom. The average Bonchev–Trinajstić information content (AvgIpc) is 2.83. The van der Waals surface area contributed by atoms with Gasteiger partial charge in [0.2, 0.25) is 0 Å². The number of para-hydroxylation sites is 1. The summed E-state index contributed by atoms with van der Waals surface area (Å²) < 4.78 is 5.87. The lowest BCUT2D eigenvalue weighted by Crippen LogP contribution is -2.49. The van der Waals surface area contributed by atoms with Gasteiger partial charge in [-0.05, 0) is 49.4 Å². The van der Waals surface area contributed by atoms with Crippen LogP contribution in [0.5, 0.6) is 5.75 Å². The fourth-order valence-corrected chi connectivity index (χ4v) is 3.78. The first-order valence-electron chi connectivity index (χ1n) is 10.5. The van der Waals surface area contributed by atoms with E-state index < -0.39 is 0 Å². The number of nitrogens with zero attached hydrogens (tertiary/aromatic N) is 2. The van der Waals surface area contributed by atoms with E-state index >= 15 is 0 Å². The minimum absolute atomic E-state index is 0.0406. The Bertz CT molecular complexity index is 1040. The maximum absolute atomic E-state index is 13.2. The largest absolute Gasteiger partial charge is 0.489 e. The fourth-order valence-electron chi connectivity index (χ4n) is 3.78. The second-order valence-electron chi connectivity index (χ2n) is 7.64. The molecular formula is C26H26N2O3. The van der Waals surface area contributed by atoms with Gasteiger partial charge in [0.25, 0.3) is 5.91 Å². The molecule has 0 unspecified atom stereocenters. The number of piperazine rings is 1. The first-order chi connectivity index (χ1) is 15.1. The van der Waals surface area contributed by atoms with Crippen molar-refractivity contribution in [3.8, 4) is 5.75 Å². The molecule has 0 spiro atoms. The van der Waals surface area contributed by atoms with Crippen molar-refractivity contribution < 1.29 is 14.3 Å². The van der Waals surface area contributed by atoms with Crippen LogP contribution in [0.15, 0.2) is 78.9 Å². The lowest BCUT2D eigenvalue weighted by atomic mass is 10.1. The van der Waals surface area contributed by atoms with Crippen LogP contribution in [0.25, 0.3) is 0 Å². The normalized spacial score (nSPS) is 13.7. The lowest BCUT2D eigenvalue weighted by molar-refractivity contribution is 0.0743. The van der Waals surface area contributed by atoms with Gasteiger partial charge in [0.15, 0.2) is 5.78 Å². The summed E-state index contributed by atoms with van der Waals surface area (Å²) in [5.74, 6) is 0.893. The molecule has 1 heterocycles. The van der Waals surface area contributed by atoms with Crippen LogP contribution in [0.3, 0.4) is 0 Å². The topological polar surface area (TPSA) is 49.9 Å². The molecule has 1 saturated heterocycles. The van der Waals surface area contributed by atoms with Crippen LogP contribution in [0.1, 0.15) is 33.2 Å². The van der Waals surface area contributed by atoms with Crippen molar-refractivity contribution in [2.75, 3.05) is 31.1 Å². The second kappa shape index (κ2) is 9.47. The third kappa shape index (κ3) is 4.94. The number of ketones is 1. The van der Waals surface area contributed by atoms with Crippen molar-refractivity contribution >= 4 is 17.4 Å². The van der Waals surface area contributed by atoms with Gasteiger partial charge in [-0.2, -0.15) is 0 Å². The van der Waals surface area contributed by atoms with Crippen molar-refractivity contribution in [3.63, 3.8) is 0 Å². The Morgan fingerprint density at radius 3 is 2.13 bits per heavy atom. The van der Waals surface area contributed by atoms with Gasteiger partial charge in [-0.3, -0.25) is 9.59 Å². The summed E-state index contributed by atoms with van der Waals surface area (Å²) in [6, 6.07) is 24.9. The minimum Gasteiger partial charge on any atom is -0.489 e. The molecule has 0 saturated carbocycles. The van der Waals surface area contributed by atoms with Crippen molar-refractivity contribution in [1.29, 1.82) is 0 Å². The van der Waals surface area contributed by atoms with Crippen LogP contribution in [0.2, 0.25) is 0 Å². The average molecular weight is 415 g/mol. The number of Topliss-reactive ketones (excluding diaryl/α,β-unsaturated/α-hetero) is 1. The molecule has 1 amide bonds. The molecule has 0 radical (unpaired) electrons. The quantitative estimate of drug-likeness (QED) is 0.560. The third-order valence-corrected chi connectivity index (χ3v) is 5.59. The number of rotatable bonds is 6. The van der Waals surface area contributed by atoms with Gasteiger partial charge in [0.05, 0.1) is 0 Å². The first-order valence-corrected chi connectivity index (χ1v) is 10.5. The molecule has 3 aromatic rings. The number of hydrogen-bond acceptors (Lipinski definition) is 4. The zero-order valence-electron chi connectivity index (χ0n) is 17.7. The molecule has 1 fully saturated rings. The van der Waals surface area contributed by atoms with Crippen LogP contribution in [-0.2, 0) is 6.61 Å². The van der Waals surface area contributed by atoms with Gasteiger partial charge in [0, 0.05) is 48.6 Å². The summed E-state index contributed by atoms with van der Waals surface area (Å²) in [5.41, 5.74) is 3.37. The molecule has 158 valence electrons. The van der Waals surface area contributed by atoms with Crippen molar-refractivity contribution in [3.05, 3.63) is 95.6 Å². The van der Waals surface area contributed by atoms with Gasteiger partial charge < -0.3 is 14.5 Å². The highest BCUT2D eigenvalue weighted by Crippen LogP contribution is 2.20. The van der Waals surface area contributed by atoms with Gasteiger partial charge in [-0.25, -0.2) is 0 Å². The van der Waals surface area contributed by atoms with E-state index in [1.165, 1.54) is 0 Å². The molecule has 1 aliphatic heterocycles. The van der Waals surface area contributed by atoms with Gasteiger partial charge in [-0.15, -0.1) is 0 Å². The second-order valence-corrected chi connectivity index (χ2v) is 7.64. The molecule has 5 heteroatoms. The molecular weight excluding hydrogens is 388 g/mol. The van der Waals surface area contributed by atoms with E-state index in [1.54, 1.807) is 6.92 Å². The van der Waals surface area contributed by atoms with E-state index in [0.29, 0.717) is 30.8 Å². The molecule has 0 aromatic heterocycles. The summed E-state index contributed by atoms with van der Waals surface area (Å²) in [5, 5.41) is 0. The SMILES string of the molecule is CC(=O)c1ccc(N2CCN(C(=O)c3ccccc3COc3ccccc3)CC2)cc1. The number of carbonyl (C=O) groups excluding carboxylic acids is 2. The summed E-state index contributed by atoms with van der Waals surface area (Å²) in [4.78, 5) is 28.8. The summed E-state index contributed by atoms with van der Waals surface area (Å²) in [7, 11) is 0. The highest BCUT2D eigenvalue weighted by Gasteiger charge is 2.24. The molecule has 5 nitrogen and oxygen atoms in total. The first kappa shape index (κ1) is 20.7. The van der Waals surface area contributed by atoms with Crippen molar-refractivity contribution in [2.45, 2.75) is 13.5 Å². The molecule has 31 heavy (non-hydrogen) atoms. The predicted molar refractivity (Wildman–Crippen MR) is 122 cm³/mol. The number of anilines is 1. The highest BCUT2D eigenvalue weighted by molar-refractivity contribution is 5.96. The molecule has 0 aliphatic carbocycles. The Kier molecular flexibility index (Phi) is 6.32. The van der Waals surface area contributed by atoms with Crippen LogP contribution in [0, 0.1) is 0 Å². The van der Waals surface area contributed by atoms with E-state index in [9.17, 15) is 9.59 Å². The Balaban J connectivity index is 1.39. The zero-order chi connectivity index (χ0) is 21.6. The minimum atomic E-state index is 0.0406. The van der Waals surface area contributed by atoms with E-state index in [2.05, 4.69) is 4.90 Å². The number of ether oxygens (including phenoxy) is 1. The number of hydrogen-bond donors (Lipinski definition) is 0. The molecule has 0 bridgehead atoms. The molecule has 0 atom stereocenters. The third-order valence-electron chi connectivity index (χ3n) is 5.59. The monoisotopic (exact) mass is 414 g/mol. The standard InChI is InChI=1S/C26H26N2O3/c1-20(29)21-11-13-23(14-12-21)27-15-17-28(18-16-27)26(30)25-10-6-5-7-22(25)19-31-24-8-3-2-4-9-24/h2-14H,15-19H2,1H3. The van der Waals surface area contributed by atoms with Gasteiger partial charge in [0.1, 0.15) is 12.4 Å². The van der Waals surface area contributed by atoms with Crippen molar-refractivity contribution in [1.82, 2.24) is 4.90 Å². The zero-order valence-corrected chi connectivity index (χ0v) is 17.7. The van der Waals surface area contributed by atoms with E-state index in [4.69, 9.17) is 4.74 Å². The Labute approximate surface area is 182 Å². The molecule has 4 rings (SSSR count). The summed E-state index contributed by atoms with van der Waals surface area (Å²) in [6.07, 6.45) is 0.